The van der Waals surface area contributed by atoms with Crippen LogP contribution in [0.15, 0.2) is 107 Å². The summed E-state index contributed by atoms with van der Waals surface area (Å²) in [5.74, 6) is -1.29. The molecule has 0 amide bonds. The van der Waals surface area contributed by atoms with Gasteiger partial charge in [0.05, 0.1) is 21.9 Å². The van der Waals surface area contributed by atoms with Crippen LogP contribution in [0.4, 0.5) is 0 Å². The molecule has 0 radical (unpaired) electrons. The van der Waals surface area contributed by atoms with Crippen molar-refractivity contribution in [1.29, 1.82) is 0 Å². The van der Waals surface area contributed by atoms with Gasteiger partial charge >= 0.3 is 29.6 Å². The van der Waals surface area contributed by atoms with Crippen molar-refractivity contribution in [3.05, 3.63) is 119 Å². The van der Waals surface area contributed by atoms with Crippen LogP contribution in [-0.2, 0) is 16.3 Å². The smallest absolute Gasteiger partial charge is 0.545 e. The third-order valence-electron chi connectivity index (χ3n) is 6.24. The summed E-state index contributed by atoms with van der Waals surface area (Å²) in [5, 5.41) is 25.5. The first kappa shape index (κ1) is 31.0. The zero-order chi connectivity index (χ0) is 27.3. The first-order valence-corrected chi connectivity index (χ1v) is 13.9. The second-order valence-electron chi connectivity index (χ2n) is 9.13. The van der Waals surface area contributed by atoms with Crippen molar-refractivity contribution in [2.24, 2.45) is 0 Å². The minimum absolute atomic E-state index is 0. The van der Waals surface area contributed by atoms with Gasteiger partial charge in [-0.3, -0.25) is 0 Å². The van der Waals surface area contributed by atoms with E-state index in [0.717, 1.165) is 11.1 Å². The van der Waals surface area contributed by atoms with Crippen LogP contribution in [0.1, 0.15) is 34.5 Å². The molecule has 0 saturated heterocycles. The van der Waals surface area contributed by atoms with Crippen molar-refractivity contribution < 1.29 is 53.0 Å². The average Bonchev–Trinajstić information content (AvgIpc) is 2.92. The molecule has 0 aromatic heterocycles. The Bertz CT molecular complexity index is 1540. The summed E-state index contributed by atoms with van der Waals surface area (Å²) in [4.78, 5) is 11.5. The molecule has 0 unspecified atom stereocenters. The predicted octanol–water partition coefficient (Wildman–Crippen LogP) is 1.46. The van der Waals surface area contributed by atoms with E-state index in [2.05, 4.69) is 5.32 Å². The zero-order valence-electron chi connectivity index (χ0n) is 21.7. The number of rotatable bonds is 10. The SMILES string of the molecule is C[C@H](Cc1ccc(S(=O)(=O)c2cccc(-c3cccc(C(=O)[O-])c3)c2)cc1)NC[C@H](O)c1cccc(Cl)c1.[Na+]. The summed E-state index contributed by atoms with van der Waals surface area (Å²) in [6.07, 6.45) is -0.0463. The van der Waals surface area contributed by atoms with Crippen molar-refractivity contribution in [2.45, 2.75) is 35.3 Å². The van der Waals surface area contributed by atoms with Crippen LogP contribution in [-0.4, -0.2) is 32.1 Å². The normalized spacial score (nSPS) is 12.8. The van der Waals surface area contributed by atoms with Crippen molar-refractivity contribution >= 4 is 27.4 Å². The van der Waals surface area contributed by atoms with Gasteiger partial charge in [0.1, 0.15) is 0 Å². The molecule has 0 aliphatic carbocycles. The summed E-state index contributed by atoms with van der Waals surface area (Å²) in [5.41, 5.74) is 2.89. The van der Waals surface area contributed by atoms with Gasteiger partial charge in [-0.1, -0.05) is 66.2 Å². The minimum Gasteiger partial charge on any atom is -0.545 e. The monoisotopic (exact) mass is 571 g/mol. The third kappa shape index (κ3) is 8.02. The molecule has 39 heavy (non-hydrogen) atoms. The summed E-state index contributed by atoms with van der Waals surface area (Å²) >= 11 is 6.00. The number of carbonyl (C=O) groups excluding carboxylic acids is 1. The summed E-state index contributed by atoms with van der Waals surface area (Å²) in [7, 11) is -3.78. The van der Waals surface area contributed by atoms with Gasteiger partial charge in [-0.25, -0.2) is 8.42 Å². The number of carbonyl (C=O) groups is 1. The number of halogens is 1. The molecule has 9 heteroatoms. The van der Waals surface area contributed by atoms with Gasteiger partial charge in [0.15, 0.2) is 0 Å². The van der Waals surface area contributed by atoms with Gasteiger partial charge in [-0.05, 0) is 83.6 Å². The average molecular weight is 572 g/mol. The molecule has 2 atom stereocenters. The number of nitrogens with one attached hydrogen (secondary N) is 1. The number of benzene rings is 4. The van der Waals surface area contributed by atoms with Gasteiger partial charge in [-0.2, -0.15) is 0 Å². The molecule has 6 nitrogen and oxygen atoms in total. The van der Waals surface area contributed by atoms with E-state index in [1.807, 2.05) is 13.0 Å². The summed E-state index contributed by atoms with van der Waals surface area (Å²) < 4.78 is 26.6. The Morgan fingerprint density at radius 1 is 0.897 bits per heavy atom. The van der Waals surface area contributed by atoms with E-state index in [0.29, 0.717) is 29.1 Å². The Morgan fingerprint density at radius 2 is 1.54 bits per heavy atom. The molecular formula is C30H27ClNNaO5S. The molecule has 0 spiro atoms. The van der Waals surface area contributed by atoms with E-state index in [4.69, 9.17) is 11.6 Å². The van der Waals surface area contributed by atoms with E-state index in [9.17, 15) is 23.4 Å². The second kappa shape index (κ2) is 13.7. The number of aliphatic hydroxyl groups excluding tert-OH is 1. The molecule has 0 saturated carbocycles. The number of carboxylic acid groups (broad SMARTS) is 1. The largest absolute Gasteiger partial charge is 1.00 e. The van der Waals surface area contributed by atoms with E-state index in [1.54, 1.807) is 66.7 Å². The minimum atomic E-state index is -3.78. The summed E-state index contributed by atoms with van der Waals surface area (Å²) in [6.45, 7) is 2.35. The molecule has 0 fully saturated rings. The van der Waals surface area contributed by atoms with Crippen LogP contribution in [0, 0.1) is 0 Å². The third-order valence-corrected chi connectivity index (χ3v) is 8.25. The van der Waals surface area contributed by atoms with Gasteiger partial charge in [0.25, 0.3) is 0 Å². The Morgan fingerprint density at radius 3 is 2.21 bits per heavy atom. The molecule has 4 rings (SSSR count). The van der Waals surface area contributed by atoms with E-state index in [1.165, 1.54) is 24.3 Å². The standard InChI is InChI=1S/C30H28ClNO5S.Na/c1-20(32-19-29(33)24-7-3-9-26(31)17-24)15-21-11-13-27(14-12-21)38(36,37)28-10-4-6-23(18-28)22-5-2-8-25(16-22)30(34)35;/h2-14,16-18,20,29,32-33H,15,19H2,1H3,(H,34,35);/q;+1/p-1/t20-,29+;/m1./s1. The fourth-order valence-corrected chi connectivity index (χ4v) is 5.68. The van der Waals surface area contributed by atoms with Crippen LogP contribution < -0.4 is 40.0 Å². The van der Waals surface area contributed by atoms with E-state index in [-0.39, 0.29) is 51.0 Å². The quantitative estimate of drug-likeness (QED) is 0.279. The second-order valence-corrected chi connectivity index (χ2v) is 11.5. The van der Waals surface area contributed by atoms with E-state index < -0.39 is 21.9 Å². The molecule has 0 aliphatic rings. The maximum absolute atomic E-state index is 13.3. The van der Waals surface area contributed by atoms with Crippen LogP contribution in [0.3, 0.4) is 0 Å². The molecular weight excluding hydrogens is 545 g/mol. The molecule has 2 N–H and O–H groups in total. The van der Waals surface area contributed by atoms with Crippen LogP contribution in [0.5, 0.6) is 0 Å². The van der Waals surface area contributed by atoms with Gasteiger partial charge in [0.2, 0.25) is 9.84 Å². The Kier molecular flexibility index (Phi) is 10.9. The van der Waals surface area contributed by atoms with Crippen molar-refractivity contribution in [2.75, 3.05) is 6.54 Å². The van der Waals surface area contributed by atoms with E-state index >= 15 is 0 Å². The molecule has 4 aromatic rings. The Balaban J connectivity index is 0.00000420. The first-order valence-electron chi connectivity index (χ1n) is 12.1. The van der Waals surface area contributed by atoms with Gasteiger partial charge < -0.3 is 20.3 Å². The number of carboxylic acids is 1. The maximum atomic E-state index is 13.3. The van der Waals surface area contributed by atoms with Gasteiger partial charge in [0, 0.05) is 17.6 Å². The Labute approximate surface area is 255 Å². The topological polar surface area (TPSA) is 107 Å². The Hall–Kier alpha value is -2.49. The van der Waals surface area contributed by atoms with Crippen molar-refractivity contribution in [3.63, 3.8) is 0 Å². The molecule has 0 heterocycles. The number of aliphatic hydroxyl groups is 1. The molecule has 196 valence electrons. The number of hydrogen-bond donors (Lipinski definition) is 2. The first-order chi connectivity index (χ1) is 18.1. The number of hydrogen-bond acceptors (Lipinski definition) is 6. The summed E-state index contributed by atoms with van der Waals surface area (Å²) in [6, 6.07) is 26.5. The molecule has 0 bridgehead atoms. The van der Waals surface area contributed by atoms with Crippen LogP contribution >= 0.6 is 11.6 Å². The molecule has 0 aliphatic heterocycles. The molecule has 4 aromatic carbocycles. The number of sulfone groups is 1. The van der Waals surface area contributed by atoms with Crippen LogP contribution in [0.25, 0.3) is 11.1 Å². The maximum Gasteiger partial charge on any atom is 1.00 e. The number of aromatic carboxylic acids is 1. The fourth-order valence-electron chi connectivity index (χ4n) is 4.18. The van der Waals surface area contributed by atoms with Gasteiger partial charge in [-0.15, -0.1) is 0 Å². The van der Waals surface area contributed by atoms with Crippen molar-refractivity contribution in [1.82, 2.24) is 5.32 Å². The zero-order valence-corrected chi connectivity index (χ0v) is 25.2. The fraction of sp³-hybridized carbons (Fsp3) is 0.167. The van der Waals surface area contributed by atoms with Crippen LogP contribution in [0.2, 0.25) is 5.02 Å². The van der Waals surface area contributed by atoms with Crippen molar-refractivity contribution in [3.8, 4) is 11.1 Å². The predicted molar refractivity (Wildman–Crippen MR) is 146 cm³/mol.